The average Bonchev–Trinajstić information content (AvgIpc) is 3.19. The van der Waals surface area contributed by atoms with Gasteiger partial charge in [0.1, 0.15) is 17.3 Å². The number of carbonyl (C=O) groups excluding carboxylic acids is 2. The highest BCUT2D eigenvalue weighted by molar-refractivity contribution is 6.46. The number of carbonyl (C=O) groups is 2. The van der Waals surface area contributed by atoms with E-state index >= 15 is 0 Å². The molecule has 0 radical (unpaired) electrons. The third-order valence-corrected chi connectivity index (χ3v) is 7.06. The SMILES string of the molecule is CCN(CC)CCCN1C(=O)C(=O)/C(=C(/O)c2ccc3cc(OC)ccc3c2)C1c1ccc(OC)cc1. The topological polar surface area (TPSA) is 79.3 Å². The Balaban J connectivity index is 1.76. The van der Waals surface area contributed by atoms with Gasteiger partial charge >= 0.3 is 0 Å². The van der Waals surface area contributed by atoms with Crippen LogP contribution in [0.1, 0.15) is 37.4 Å². The summed E-state index contributed by atoms with van der Waals surface area (Å²) in [6, 6.07) is 17.7. The number of amides is 1. The van der Waals surface area contributed by atoms with Crippen molar-refractivity contribution in [3.8, 4) is 11.5 Å². The van der Waals surface area contributed by atoms with Gasteiger partial charge < -0.3 is 24.4 Å². The first-order valence-electron chi connectivity index (χ1n) is 12.6. The lowest BCUT2D eigenvalue weighted by molar-refractivity contribution is -0.140. The van der Waals surface area contributed by atoms with Crippen LogP contribution in [0.15, 0.2) is 66.2 Å². The van der Waals surface area contributed by atoms with E-state index in [9.17, 15) is 14.7 Å². The molecule has 1 aliphatic rings. The Labute approximate surface area is 217 Å². The Morgan fingerprint density at radius 2 is 1.51 bits per heavy atom. The summed E-state index contributed by atoms with van der Waals surface area (Å²) in [6.45, 7) is 7.28. The van der Waals surface area contributed by atoms with E-state index < -0.39 is 17.7 Å². The molecule has 0 bridgehead atoms. The molecule has 1 N–H and O–H groups in total. The Kier molecular flexibility index (Phi) is 8.14. The molecule has 7 heteroatoms. The lowest BCUT2D eigenvalue weighted by Gasteiger charge is -2.27. The zero-order valence-electron chi connectivity index (χ0n) is 21.9. The number of ether oxygens (including phenoxy) is 2. The molecule has 4 rings (SSSR count). The smallest absolute Gasteiger partial charge is 0.295 e. The van der Waals surface area contributed by atoms with Gasteiger partial charge in [0, 0.05) is 12.1 Å². The first-order valence-corrected chi connectivity index (χ1v) is 12.6. The second-order valence-corrected chi connectivity index (χ2v) is 9.07. The van der Waals surface area contributed by atoms with Crippen molar-refractivity contribution in [1.29, 1.82) is 0 Å². The highest BCUT2D eigenvalue weighted by Crippen LogP contribution is 2.40. The molecular formula is C30H34N2O5. The maximum atomic E-state index is 13.3. The zero-order chi connectivity index (χ0) is 26.5. The van der Waals surface area contributed by atoms with Crippen LogP contribution in [0, 0.1) is 0 Å². The van der Waals surface area contributed by atoms with Crippen LogP contribution in [-0.4, -0.2) is 67.0 Å². The molecule has 0 spiro atoms. The first-order chi connectivity index (χ1) is 17.9. The van der Waals surface area contributed by atoms with Gasteiger partial charge in [0.05, 0.1) is 25.8 Å². The number of nitrogens with zero attached hydrogens (tertiary/aromatic N) is 2. The van der Waals surface area contributed by atoms with Gasteiger partial charge in [-0.1, -0.05) is 44.2 Å². The molecule has 0 aromatic heterocycles. The molecule has 1 aliphatic heterocycles. The van der Waals surface area contributed by atoms with Crippen LogP contribution in [0.3, 0.4) is 0 Å². The number of benzene rings is 3. The van der Waals surface area contributed by atoms with Gasteiger partial charge in [0.25, 0.3) is 11.7 Å². The molecule has 1 amide bonds. The number of hydrogen-bond donors (Lipinski definition) is 1. The first kappa shape index (κ1) is 26.2. The number of likely N-dealkylation sites (tertiary alicyclic amines) is 1. The number of fused-ring (bicyclic) bond motifs is 1. The monoisotopic (exact) mass is 502 g/mol. The van der Waals surface area contributed by atoms with E-state index in [0.717, 1.165) is 48.1 Å². The molecule has 1 saturated heterocycles. The summed E-state index contributed by atoms with van der Waals surface area (Å²) in [5.41, 5.74) is 1.33. The summed E-state index contributed by atoms with van der Waals surface area (Å²) in [7, 11) is 3.20. The predicted octanol–water partition coefficient (Wildman–Crippen LogP) is 5.01. The standard InChI is InChI=1S/C30H34N2O5/c1-5-31(6-2)16-7-17-32-27(20-10-13-24(36-3)14-11-20)26(29(34)30(32)35)28(33)23-9-8-22-19-25(37-4)15-12-21(22)18-23/h8-15,18-19,27,33H,5-7,16-17H2,1-4H3/b28-26+. The van der Waals surface area contributed by atoms with Crippen molar-refractivity contribution in [3.63, 3.8) is 0 Å². The van der Waals surface area contributed by atoms with E-state index in [1.165, 1.54) is 0 Å². The van der Waals surface area contributed by atoms with E-state index in [1.807, 2.05) is 42.5 Å². The predicted molar refractivity (Wildman–Crippen MR) is 145 cm³/mol. The summed E-state index contributed by atoms with van der Waals surface area (Å²) < 4.78 is 10.6. The number of rotatable bonds is 10. The van der Waals surface area contributed by atoms with Gasteiger partial charge in [0.2, 0.25) is 0 Å². The number of aliphatic hydroxyl groups is 1. The molecule has 3 aromatic rings. The highest BCUT2D eigenvalue weighted by Gasteiger charge is 2.45. The van der Waals surface area contributed by atoms with E-state index in [0.29, 0.717) is 17.9 Å². The number of methoxy groups -OCH3 is 2. The minimum absolute atomic E-state index is 0.103. The normalized spacial score (nSPS) is 17.1. The van der Waals surface area contributed by atoms with Gasteiger partial charge in [-0.2, -0.15) is 0 Å². The van der Waals surface area contributed by atoms with Crippen molar-refractivity contribution < 1.29 is 24.2 Å². The number of hydrogen-bond acceptors (Lipinski definition) is 6. The summed E-state index contributed by atoms with van der Waals surface area (Å²) in [6.07, 6.45) is 0.721. The van der Waals surface area contributed by atoms with Crippen LogP contribution in [0.4, 0.5) is 0 Å². The van der Waals surface area contributed by atoms with Crippen molar-refractivity contribution >= 4 is 28.2 Å². The van der Waals surface area contributed by atoms with E-state index in [4.69, 9.17) is 9.47 Å². The molecule has 1 unspecified atom stereocenters. The van der Waals surface area contributed by atoms with Crippen LogP contribution in [0.2, 0.25) is 0 Å². The van der Waals surface area contributed by atoms with Gasteiger partial charge in [0.15, 0.2) is 0 Å². The molecule has 0 aliphatic carbocycles. The van der Waals surface area contributed by atoms with Crippen molar-refractivity contribution in [2.24, 2.45) is 0 Å². The van der Waals surface area contributed by atoms with Crippen molar-refractivity contribution in [2.45, 2.75) is 26.3 Å². The minimum Gasteiger partial charge on any atom is -0.507 e. The molecule has 1 fully saturated rings. The second kappa shape index (κ2) is 11.5. The van der Waals surface area contributed by atoms with Crippen LogP contribution < -0.4 is 9.47 Å². The second-order valence-electron chi connectivity index (χ2n) is 9.07. The zero-order valence-corrected chi connectivity index (χ0v) is 21.9. The Hall–Kier alpha value is -3.84. The molecule has 1 atom stereocenters. The summed E-state index contributed by atoms with van der Waals surface area (Å²) in [5.74, 6) is -0.0296. The largest absolute Gasteiger partial charge is 0.507 e. The molecule has 0 saturated carbocycles. The fourth-order valence-corrected chi connectivity index (χ4v) is 4.90. The molecule has 37 heavy (non-hydrogen) atoms. The van der Waals surface area contributed by atoms with E-state index in [-0.39, 0.29) is 11.3 Å². The molecule has 7 nitrogen and oxygen atoms in total. The van der Waals surface area contributed by atoms with Gasteiger partial charge in [-0.05, 0) is 72.7 Å². The van der Waals surface area contributed by atoms with E-state index in [2.05, 4.69) is 18.7 Å². The van der Waals surface area contributed by atoms with Crippen molar-refractivity contribution in [1.82, 2.24) is 9.80 Å². The summed E-state index contributed by atoms with van der Waals surface area (Å²) in [5, 5.41) is 13.3. The van der Waals surface area contributed by atoms with Crippen LogP contribution in [0.25, 0.3) is 16.5 Å². The Morgan fingerprint density at radius 1 is 0.892 bits per heavy atom. The quantitative estimate of drug-likeness (QED) is 0.239. The third-order valence-electron chi connectivity index (χ3n) is 7.06. The van der Waals surface area contributed by atoms with Gasteiger partial charge in [-0.15, -0.1) is 0 Å². The van der Waals surface area contributed by atoms with Crippen LogP contribution in [0.5, 0.6) is 11.5 Å². The maximum Gasteiger partial charge on any atom is 0.295 e. The number of Topliss-reactive ketones (excluding diaryl/α,β-unsaturated/α-hetero) is 1. The summed E-state index contributed by atoms with van der Waals surface area (Å²) >= 11 is 0. The Morgan fingerprint density at radius 3 is 2.16 bits per heavy atom. The molecular weight excluding hydrogens is 468 g/mol. The highest BCUT2D eigenvalue weighted by atomic mass is 16.5. The van der Waals surface area contributed by atoms with Crippen molar-refractivity contribution in [3.05, 3.63) is 77.4 Å². The number of aliphatic hydroxyl groups excluding tert-OH is 1. The van der Waals surface area contributed by atoms with Crippen molar-refractivity contribution in [2.75, 3.05) is 40.4 Å². The molecule has 3 aromatic carbocycles. The minimum atomic E-state index is -0.686. The molecule has 194 valence electrons. The maximum absolute atomic E-state index is 13.3. The third kappa shape index (κ3) is 5.32. The average molecular weight is 503 g/mol. The molecule has 1 heterocycles. The van der Waals surface area contributed by atoms with E-state index in [1.54, 1.807) is 37.3 Å². The summed E-state index contributed by atoms with van der Waals surface area (Å²) in [4.78, 5) is 30.4. The fourth-order valence-electron chi connectivity index (χ4n) is 4.90. The lowest BCUT2D eigenvalue weighted by Crippen LogP contribution is -2.33. The van der Waals surface area contributed by atoms with Gasteiger partial charge in [-0.3, -0.25) is 9.59 Å². The van der Waals surface area contributed by atoms with Crippen LogP contribution >= 0.6 is 0 Å². The van der Waals surface area contributed by atoms with Gasteiger partial charge in [-0.25, -0.2) is 0 Å². The van der Waals surface area contributed by atoms with Crippen LogP contribution in [-0.2, 0) is 9.59 Å². The fraction of sp³-hybridized carbons (Fsp3) is 0.333. The lowest BCUT2D eigenvalue weighted by atomic mass is 9.94. The Bertz CT molecular complexity index is 1310. The number of ketones is 1.